The molecule has 0 aromatic heterocycles. The lowest BCUT2D eigenvalue weighted by molar-refractivity contribution is -0.139. The van der Waals surface area contributed by atoms with Crippen molar-refractivity contribution in [2.24, 2.45) is 0 Å². The maximum atomic E-state index is 13.2. The van der Waals surface area contributed by atoms with Gasteiger partial charge in [0.1, 0.15) is 17.7 Å². The van der Waals surface area contributed by atoms with Crippen molar-refractivity contribution < 1.29 is 23.5 Å². The van der Waals surface area contributed by atoms with Crippen LogP contribution in [0.2, 0.25) is 10.0 Å². The fourth-order valence-electron chi connectivity index (χ4n) is 2.06. The Labute approximate surface area is 146 Å². The van der Waals surface area contributed by atoms with Crippen LogP contribution in [0.5, 0.6) is 0 Å². The van der Waals surface area contributed by atoms with Crippen LogP contribution in [0.4, 0.5) is 8.78 Å². The predicted molar refractivity (Wildman–Crippen MR) is 85.4 cm³/mol. The van der Waals surface area contributed by atoms with Gasteiger partial charge in [0, 0.05) is 28.1 Å². The Hall–Kier alpha value is -2.18. The summed E-state index contributed by atoms with van der Waals surface area (Å²) in [6.07, 6.45) is -0.183. The number of aliphatic carboxylic acids is 1. The predicted octanol–water partition coefficient (Wildman–Crippen LogP) is 3.70. The molecule has 0 saturated heterocycles. The van der Waals surface area contributed by atoms with Crippen LogP contribution in [0, 0.1) is 11.6 Å². The zero-order valence-electron chi connectivity index (χ0n) is 12.0. The van der Waals surface area contributed by atoms with Crippen LogP contribution < -0.4 is 5.32 Å². The van der Waals surface area contributed by atoms with Crippen LogP contribution in [0.25, 0.3) is 0 Å². The van der Waals surface area contributed by atoms with Crippen molar-refractivity contribution in [3.05, 3.63) is 69.2 Å². The third-order valence-corrected chi connectivity index (χ3v) is 3.91. The van der Waals surface area contributed by atoms with Gasteiger partial charge in [-0.3, -0.25) is 4.79 Å². The topological polar surface area (TPSA) is 66.4 Å². The molecule has 4 nitrogen and oxygen atoms in total. The standard InChI is InChI=1S/C16H11Cl2F2NO3/c17-12-2-1-3-13(18)11(12)7-14(16(23)24)21-15(22)8-4-9(19)6-10(20)5-8/h1-6,14H,7H2,(H,21,22)(H,23,24)/t14-/m0/s1. The third kappa shape index (κ3) is 4.43. The number of rotatable bonds is 5. The van der Waals surface area contributed by atoms with Gasteiger partial charge in [-0.1, -0.05) is 29.3 Å². The molecule has 0 bridgehead atoms. The molecule has 0 saturated carbocycles. The Balaban J connectivity index is 2.22. The SMILES string of the molecule is O=C(N[C@@H](Cc1c(Cl)cccc1Cl)C(=O)O)c1cc(F)cc(F)c1. The number of benzene rings is 2. The number of carboxylic acid groups (broad SMARTS) is 1. The van der Waals surface area contributed by atoms with Crippen molar-refractivity contribution in [2.75, 3.05) is 0 Å². The first kappa shape index (κ1) is 18.2. The highest BCUT2D eigenvalue weighted by Crippen LogP contribution is 2.25. The number of carbonyl (C=O) groups excluding carboxylic acids is 1. The van der Waals surface area contributed by atoms with E-state index in [4.69, 9.17) is 23.2 Å². The highest BCUT2D eigenvalue weighted by Gasteiger charge is 2.24. The Bertz CT molecular complexity index is 758. The number of nitrogens with one attached hydrogen (secondary N) is 1. The fraction of sp³-hybridized carbons (Fsp3) is 0.125. The second-order valence-electron chi connectivity index (χ2n) is 4.93. The number of carbonyl (C=O) groups is 2. The van der Waals surface area contributed by atoms with E-state index in [1.807, 2.05) is 0 Å². The minimum Gasteiger partial charge on any atom is -0.480 e. The summed E-state index contributed by atoms with van der Waals surface area (Å²) in [5.74, 6) is -4.15. The van der Waals surface area contributed by atoms with E-state index < -0.39 is 29.6 Å². The number of hydrogen-bond acceptors (Lipinski definition) is 2. The molecule has 0 spiro atoms. The summed E-state index contributed by atoms with van der Waals surface area (Å²) in [7, 11) is 0. The van der Waals surface area contributed by atoms with Crippen molar-refractivity contribution in [1.29, 1.82) is 0 Å². The van der Waals surface area contributed by atoms with Gasteiger partial charge in [0.05, 0.1) is 0 Å². The lowest BCUT2D eigenvalue weighted by Crippen LogP contribution is -2.42. The maximum Gasteiger partial charge on any atom is 0.326 e. The van der Waals surface area contributed by atoms with Crippen molar-refractivity contribution >= 4 is 35.1 Å². The van der Waals surface area contributed by atoms with E-state index in [1.54, 1.807) is 6.07 Å². The molecule has 2 N–H and O–H groups in total. The molecular formula is C16H11Cl2F2NO3. The number of amides is 1. The molecule has 24 heavy (non-hydrogen) atoms. The van der Waals surface area contributed by atoms with Crippen LogP contribution in [-0.2, 0) is 11.2 Å². The molecule has 0 radical (unpaired) electrons. The van der Waals surface area contributed by atoms with E-state index in [9.17, 15) is 23.5 Å². The largest absolute Gasteiger partial charge is 0.480 e. The summed E-state index contributed by atoms with van der Waals surface area (Å²) in [6, 6.07) is 5.50. The molecule has 1 amide bonds. The third-order valence-electron chi connectivity index (χ3n) is 3.20. The number of carboxylic acids is 1. The van der Waals surface area contributed by atoms with E-state index >= 15 is 0 Å². The van der Waals surface area contributed by atoms with E-state index in [-0.39, 0.29) is 22.0 Å². The molecular weight excluding hydrogens is 363 g/mol. The van der Waals surface area contributed by atoms with Gasteiger partial charge in [0.15, 0.2) is 0 Å². The zero-order valence-corrected chi connectivity index (χ0v) is 13.5. The molecule has 126 valence electrons. The quantitative estimate of drug-likeness (QED) is 0.839. The minimum absolute atomic E-state index is 0.183. The van der Waals surface area contributed by atoms with Gasteiger partial charge in [-0.05, 0) is 29.8 Å². The summed E-state index contributed by atoms with van der Waals surface area (Å²) in [6.45, 7) is 0. The molecule has 2 aromatic carbocycles. The van der Waals surface area contributed by atoms with E-state index in [0.29, 0.717) is 11.6 Å². The number of halogens is 4. The summed E-state index contributed by atoms with van der Waals surface area (Å²) in [5, 5.41) is 12.0. The van der Waals surface area contributed by atoms with Gasteiger partial charge >= 0.3 is 5.97 Å². The average Bonchev–Trinajstić information content (AvgIpc) is 2.48. The van der Waals surface area contributed by atoms with Crippen molar-refractivity contribution in [2.45, 2.75) is 12.5 Å². The molecule has 0 aliphatic carbocycles. The summed E-state index contributed by atoms with van der Waals surface area (Å²) < 4.78 is 26.3. The van der Waals surface area contributed by atoms with Crippen molar-refractivity contribution in [3.63, 3.8) is 0 Å². The highest BCUT2D eigenvalue weighted by molar-refractivity contribution is 6.36. The van der Waals surface area contributed by atoms with Gasteiger partial charge in [-0.25, -0.2) is 13.6 Å². The first-order chi connectivity index (χ1) is 11.3. The maximum absolute atomic E-state index is 13.2. The number of hydrogen-bond donors (Lipinski definition) is 2. The Morgan fingerprint density at radius 2 is 1.62 bits per heavy atom. The van der Waals surface area contributed by atoms with Crippen LogP contribution in [0.3, 0.4) is 0 Å². The van der Waals surface area contributed by atoms with Crippen LogP contribution >= 0.6 is 23.2 Å². The highest BCUT2D eigenvalue weighted by atomic mass is 35.5. The van der Waals surface area contributed by atoms with Gasteiger partial charge in [0.25, 0.3) is 5.91 Å². The van der Waals surface area contributed by atoms with Crippen molar-refractivity contribution in [3.8, 4) is 0 Å². The zero-order chi connectivity index (χ0) is 17.9. The molecule has 2 aromatic rings. The molecule has 0 unspecified atom stereocenters. The Kier molecular flexibility index (Phi) is 5.75. The summed E-state index contributed by atoms with van der Waals surface area (Å²) >= 11 is 12.0. The monoisotopic (exact) mass is 373 g/mol. The lowest BCUT2D eigenvalue weighted by atomic mass is 10.0. The second-order valence-corrected chi connectivity index (χ2v) is 5.74. The Morgan fingerprint density at radius 1 is 1.08 bits per heavy atom. The van der Waals surface area contributed by atoms with Gasteiger partial charge in [0.2, 0.25) is 0 Å². The summed E-state index contributed by atoms with van der Waals surface area (Å²) in [4.78, 5) is 23.4. The van der Waals surface area contributed by atoms with Gasteiger partial charge in [-0.15, -0.1) is 0 Å². The molecule has 2 rings (SSSR count). The van der Waals surface area contributed by atoms with Gasteiger partial charge in [-0.2, -0.15) is 0 Å². The van der Waals surface area contributed by atoms with E-state index in [1.165, 1.54) is 12.1 Å². The molecule has 0 heterocycles. The normalized spacial score (nSPS) is 11.8. The van der Waals surface area contributed by atoms with Crippen LogP contribution in [-0.4, -0.2) is 23.0 Å². The second kappa shape index (κ2) is 7.59. The lowest BCUT2D eigenvalue weighted by Gasteiger charge is -2.16. The van der Waals surface area contributed by atoms with Crippen molar-refractivity contribution in [1.82, 2.24) is 5.32 Å². The van der Waals surface area contributed by atoms with Crippen LogP contribution in [0.1, 0.15) is 15.9 Å². The van der Waals surface area contributed by atoms with E-state index in [2.05, 4.69) is 5.32 Å². The minimum atomic E-state index is -1.37. The Morgan fingerprint density at radius 3 is 2.12 bits per heavy atom. The molecule has 1 atom stereocenters. The molecule has 0 aliphatic heterocycles. The first-order valence-corrected chi connectivity index (χ1v) is 7.46. The fourth-order valence-corrected chi connectivity index (χ4v) is 2.61. The van der Waals surface area contributed by atoms with Crippen LogP contribution in [0.15, 0.2) is 36.4 Å². The molecule has 0 fully saturated rings. The molecule has 0 aliphatic rings. The average molecular weight is 374 g/mol. The smallest absolute Gasteiger partial charge is 0.326 e. The first-order valence-electron chi connectivity index (χ1n) is 6.70. The van der Waals surface area contributed by atoms with E-state index in [0.717, 1.165) is 12.1 Å². The summed E-state index contributed by atoms with van der Waals surface area (Å²) in [5.41, 5.74) is 0.0166. The molecule has 8 heteroatoms. The van der Waals surface area contributed by atoms with Gasteiger partial charge < -0.3 is 10.4 Å².